The molecule has 0 saturated heterocycles. The summed E-state index contributed by atoms with van der Waals surface area (Å²) in [7, 11) is 1.57. The van der Waals surface area contributed by atoms with Crippen molar-refractivity contribution in [1.29, 1.82) is 0 Å². The first kappa shape index (κ1) is 17.0. The molecule has 0 bridgehead atoms. The molecule has 0 saturated carbocycles. The molecule has 0 amide bonds. The Hall–Kier alpha value is -2.84. The highest BCUT2D eigenvalue weighted by atomic mass is 19.4. The summed E-state index contributed by atoms with van der Waals surface area (Å²) in [4.78, 5) is 0. The SMILES string of the molecule is COc1cccc(CNc2nn3c(C(F)(F)F)nnc3c(C)c2C)c1. The van der Waals surface area contributed by atoms with Gasteiger partial charge in [-0.05, 0) is 37.1 Å². The summed E-state index contributed by atoms with van der Waals surface area (Å²) in [6.07, 6.45) is -4.63. The number of benzene rings is 1. The predicted octanol–water partition coefficient (Wildman–Crippen LogP) is 3.38. The fraction of sp³-hybridized carbons (Fsp3) is 0.312. The highest BCUT2D eigenvalue weighted by Gasteiger charge is 2.38. The third-order valence-electron chi connectivity index (χ3n) is 3.94. The quantitative estimate of drug-likeness (QED) is 0.781. The van der Waals surface area contributed by atoms with Crippen LogP contribution >= 0.6 is 0 Å². The number of fused-ring (bicyclic) bond motifs is 1. The van der Waals surface area contributed by atoms with Gasteiger partial charge in [0.25, 0.3) is 5.82 Å². The highest BCUT2D eigenvalue weighted by Crippen LogP contribution is 2.29. The minimum atomic E-state index is -4.63. The molecular formula is C16H16F3N5O. The highest BCUT2D eigenvalue weighted by molar-refractivity contribution is 5.58. The van der Waals surface area contributed by atoms with Crippen molar-refractivity contribution in [2.24, 2.45) is 0 Å². The fourth-order valence-electron chi connectivity index (χ4n) is 2.44. The standard InChI is InChI=1S/C16H16F3N5O/c1-9-10(2)14-21-22-15(16(17,18)19)24(14)23-13(9)20-8-11-5-4-6-12(7-11)25-3/h4-7H,8H2,1-3H3,(H,20,23). The van der Waals surface area contributed by atoms with E-state index < -0.39 is 12.0 Å². The van der Waals surface area contributed by atoms with Crippen LogP contribution in [0.3, 0.4) is 0 Å². The second-order valence-corrected chi connectivity index (χ2v) is 5.56. The second kappa shape index (κ2) is 6.23. The molecule has 2 aromatic heterocycles. The van der Waals surface area contributed by atoms with Gasteiger partial charge in [-0.3, -0.25) is 0 Å². The zero-order valence-corrected chi connectivity index (χ0v) is 13.8. The monoisotopic (exact) mass is 351 g/mol. The van der Waals surface area contributed by atoms with Crippen LogP contribution in [0.15, 0.2) is 24.3 Å². The molecule has 1 N–H and O–H groups in total. The molecule has 2 heterocycles. The number of rotatable bonds is 4. The fourth-order valence-corrected chi connectivity index (χ4v) is 2.44. The van der Waals surface area contributed by atoms with Crippen LogP contribution in [0.5, 0.6) is 5.75 Å². The lowest BCUT2D eigenvalue weighted by atomic mass is 10.1. The van der Waals surface area contributed by atoms with Gasteiger partial charge in [0.2, 0.25) is 0 Å². The lowest BCUT2D eigenvalue weighted by Gasteiger charge is -2.13. The third kappa shape index (κ3) is 3.21. The second-order valence-electron chi connectivity index (χ2n) is 5.56. The van der Waals surface area contributed by atoms with Crippen molar-refractivity contribution in [3.63, 3.8) is 0 Å². The van der Waals surface area contributed by atoms with Crippen LogP contribution in [0.1, 0.15) is 22.5 Å². The summed E-state index contributed by atoms with van der Waals surface area (Å²) in [5.41, 5.74) is 2.32. The van der Waals surface area contributed by atoms with Crippen LogP contribution in [0.4, 0.5) is 19.0 Å². The van der Waals surface area contributed by atoms with E-state index in [0.29, 0.717) is 23.7 Å². The molecule has 0 aliphatic heterocycles. The summed E-state index contributed by atoms with van der Waals surface area (Å²) in [5, 5.41) is 14.0. The molecule has 0 fully saturated rings. The first-order valence-electron chi connectivity index (χ1n) is 7.48. The Kier molecular flexibility index (Phi) is 4.23. The molecule has 0 atom stereocenters. The van der Waals surface area contributed by atoms with Crippen molar-refractivity contribution in [2.45, 2.75) is 26.6 Å². The zero-order valence-electron chi connectivity index (χ0n) is 13.8. The number of nitrogens with zero attached hydrogens (tertiary/aromatic N) is 4. The van der Waals surface area contributed by atoms with Crippen LogP contribution in [0, 0.1) is 13.8 Å². The van der Waals surface area contributed by atoms with Gasteiger partial charge in [-0.2, -0.15) is 17.7 Å². The Morgan fingerprint density at radius 3 is 2.60 bits per heavy atom. The number of halogens is 3. The summed E-state index contributed by atoms with van der Waals surface area (Å²) < 4.78 is 45.0. The normalized spacial score (nSPS) is 11.8. The Bertz CT molecular complexity index is 920. The lowest BCUT2D eigenvalue weighted by Crippen LogP contribution is -2.15. The Labute approximate surface area is 141 Å². The number of alkyl halides is 3. The maximum Gasteiger partial charge on any atom is 0.453 e. The Morgan fingerprint density at radius 1 is 1.16 bits per heavy atom. The van der Waals surface area contributed by atoms with E-state index in [1.165, 1.54) is 0 Å². The van der Waals surface area contributed by atoms with Gasteiger partial charge in [0.1, 0.15) is 5.75 Å². The van der Waals surface area contributed by atoms with Crippen LogP contribution < -0.4 is 10.1 Å². The summed E-state index contributed by atoms with van der Waals surface area (Å²) in [6, 6.07) is 7.38. The topological polar surface area (TPSA) is 64.3 Å². The zero-order chi connectivity index (χ0) is 18.2. The lowest BCUT2D eigenvalue weighted by molar-refractivity contribution is -0.146. The van der Waals surface area contributed by atoms with Gasteiger partial charge in [-0.1, -0.05) is 12.1 Å². The van der Waals surface area contributed by atoms with E-state index in [1.54, 1.807) is 21.0 Å². The van der Waals surface area contributed by atoms with Crippen molar-refractivity contribution in [3.05, 3.63) is 46.8 Å². The summed E-state index contributed by atoms with van der Waals surface area (Å²) in [5.74, 6) is -0.0954. The smallest absolute Gasteiger partial charge is 0.453 e. The van der Waals surface area contributed by atoms with E-state index in [4.69, 9.17) is 4.74 Å². The maximum absolute atomic E-state index is 13.1. The van der Waals surface area contributed by atoms with E-state index in [9.17, 15) is 13.2 Å². The molecule has 0 spiro atoms. The largest absolute Gasteiger partial charge is 0.497 e. The van der Waals surface area contributed by atoms with E-state index >= 15 is 0 Å². The number of aromatic nitrogens is 4. The van der Waals surface area contributed by atoms with Gasteiger partial charge in [0.15, 0.2) is 11.5 Å². The van der Waals surface area contributed by atoms with Gasteiger partial charge in [0.05, 0.1) is 7.11 Å². The van der Waals surface area contributed by atoms with Gasteiger partial charge in [-0.25, -0.2) is 0 Å². The molecule has 1 aromatic carbocycles. The number of aryl methyl sites for hydroxylation is 1. The van der Waals surface area contributed by atoms with Crippen LogP contribution in [0.25, 0.3) is 5.65 Å². The molecule has 0 unspecified atom stereocenters. The molecule has 132 valence electrons. The van der Waals surface area contributed by atoms with Crippen molar-refractivity contribution < 1.29 is 17.9 Å². The molecule has 9 heteroatoms. The predicted molar refractivity (Wildman–Crippen MR) is 85.6 cm³/mol. The minimum Gasteiger partial charge on any atom is -0.497 e. The number of ether oxygens (including phenoxy) is 1. The van der Waals surface area contributed by atoms with Crippen molar-refractivity contribution in [3.8, 4) is 5.75 Å². The van der Waals surface area contributed by atoms with Crippen LogP contribution in [0.2, 0.25) is 0 Å². The number of hydrogen-bond acceptors (Lipinski definition) is 5. The average molecular weight is 351 g/mol. The van der Waals surface area contributed by atoms with E-state index in [0.717, 1.165) is 15.6 Å². The molecule has 0 aliphatic rings. The van der Waals surface area contributed by atoms with Crippen molar-refractivity contribution in [1.82, 2.24) is 19.8 Å². The molecule has 0 radical (unpaired) electrons. The first-order valence-corrected chi connectivity index (χ1v) is 7.48. The van der Waals surface area contributed by atoms with Crippen molar-refractivity contribution >= 4 is 11.5 Å². The van der Waals surface area contributed by atoms with E-state index in [-0.39, 0.29) is 5.65 Å². The minimum absolute atomic E-state index is 0.0942. The molecule has 0 aliphatic carbocycles. The number of methoxy groups -OCH3 is 1. The molecule has 3 rings (SSSR count). The van der Waals surface area contributed by atoms with Crippen LogP contribution in [-0.4, -0.2) is 26.9 Å². The summed E-state index contributed by atoms with van der Waals surface area (Å²) in [6.45, 7) is 3.86. The number of hydrogen-bond donors (Lipinski definition) is 1. The van der Waals surface area contributed by atoms with Crippen molar-refractivity contribution in [2.75, 3.05) is 12.4 Å². The first-order chi connectivity index (χ1) is 11.8. The Balaban J connectivity index is 1.96. The van der Waals surface area contributed by atoms with Gasteiger partial charge in [-0.15, -0.1) is 15.3 Å². The van der Waals surface area contributed by atoms with E-state index in [2.05, 4.69) is 20.6 Å². The third-order valence-corrected chi connectivity index (χ3v) is 3.94. The number of nitrogens with one attached hydrogen (secondary N) is 1. The molecular weight excluding hydrogens is 335 g/mol. The average Bonchev–Trinajstić information content (AvgIpc) is 3.01. The van der Waals surface area contributed by atoms with Gasteiger partial charge < -0.3 is 10.1 Å². The number of anilines is 1. The molecule has 6 nitrogen and oxygen atoms in total. The van der Waals surface area contributed by atoms with E-state index in [1.807, 2.05) is 24.3 Å². The maximum atomic E-state index is 13.1. The van der Waals surface area contributed by atoms with Gasteiger partial charge >= 0.3 is 6.18 Å². The molecule has 3 aromatic rings. The summed E-state index contributed by atoms with van der Waals surface area (Å²) >= 11 is 0. The Morgan fingerprint density at radius 2 is 1.92 bits per heavy atom. The van der Waals surface area contributed by atoms with Gasteiger partial charge in [0, 0.05) is 12.1 Å². The van der Waals surface area contributed by atoms with Crippen LogP contribution in [-0.2, 0) is 12.7 Å². The molecule has 25 heavy (non-hydrogen) atoms.